The molecule has 0 amide bonds. The number of halogens is 1. The molecule has 23 heavy (non-hydrogen) atoms. The molecule has 0 bridgehead atoms. The Morgan fingerprint density at radius 2 is 1.96 bits per heavy atom. The number of para-hydroxylation sites is 1. The molecule has 2 aromatic carbocycles. The predicted octanol–water partition coefficient (Wildman–Crippen LogP) is 2.54. The second-order valence-corrected chi connectivity index (χ2v) is 5.66. The average molecular weight is 329 g/mol. The largest absolute Gasteiger partial charge is 0.363 e. The Labute approximate surface area is 138 Å². The molecular weight excluding hydrogens is 312 g/mol. The number of hydrogen-bond acceptors (Lipinski definition) is 4. The summed E-state index contributed by atoms with van der Waals surface area (Å²) in [6.07, 6.45) is 0. The lowest BCUT2D eigenvalue weighted by molar-refractivity contribution is 0.754. The van der Waals surface area contributed by atoms with E-state index in [-0.39, 0.29) is 5.56 Å². The molecule has 6 heteroatoms. The number of nitrogens with one attached hydrogen (secondary N) is 1. The van der Waals surface area contributed by atoms with Crippen LogP contribution >= 0.6 is 11.6 Å². The lowest BCUT2D eigenvalue weighted by Crippen LogP contribution is -2.30. The van der Waals surface area contributed by atoms with E-state index in [9.17, 15) is 4.79 Å². The first-order valence-electron chi connectivity index (χ1n) is 7.36. The topological polar surface area (TPSA) is 75.0 Å². The van der Waals surface area contributed by atoms with Gasteiger partial charge in [0, 0.05) is 23.8 Å². The molecule has 3 aromatic rings. The van der Waals surface area contributed by atoms with Gasteiger partial charge in [-0.05, 0) is 30.3 Å². The summed E-state index contributed by atoms with van der Waals surface area (Å²) in [5.74, 6) is 0.599. The summed E-state index contributed by atoms with van der Waals surface area (Å²) < 4.78 is 0. The van der Waals surface area contributed by atoms with Gasteiger partial charge in [-0.15, -0.1) is 0 Å². The van der Waals surface area contributed by atoms with E-state index in [0.29, 0.717) is 41.4 Å². The van der Waals surface area contributed by atoms with E-state index in [0.717, 1.165) is 5.69 Å². The van der Waals surface area contributed by atoms with Gasteiger partial charge in [-0.1, -0.05) is 29.8 Å². The smallest absolute Gasteiger partial charge is 0.258 e. The van der Waals surface area contributed by atoms with Gasteiger partial charge in [0.15, 0.2) is 0 Å². The molecule has 1 aromatic heterocycles. The number of fused-ring (bicyclic) bond motifs is 1. The van der Waals surface area contributed by atoms with Gasteiger partial charge < -0.3 is 15.6 Å². The van der Waals surface area contributed by atoms with Crippen LogP contribution in [-0.2, 0) is 6.54 Å². The van der Waals surface area contributed by atoms with Crippen molar-refractivity contribution in [2.75, 3.05) is 18.0 Å². The zero-order chi connectivity index (χ0) is 16.2. The number of H-pyrrole nitrogens is 1. The molecule has 118 valence electrons. The first-order valence-corrected chi connectivity index (χ1v) is 7.73. The van der Waals surface area contributed by atoms with Crippen LogP contribution in [0.15, 0.2) is 53.3 Å². The van der Waals surface area contributed by atoms with Gasteiger partial charge in [0.1, 0.15) is 5.82 Å². The van der Waals surface area contributed by atoms with E-state index in [2.05, 4.69) is 14.9 Å². The van der Waals surface area contributed by atoms with Crippen molar-refractivity contribution in [1.29, 1.82) is 0 Å². The van der Waals surface area contributed by atoms with Gasteiger partial charge in [0.25, 0.3) is 5.56 Å². The van der Waals surface area contributed by atoms with E-state index in [1.54, 1.807) is 18.2 Å². The molecular formula is C17H17ClN4O. The molecule has 1 heterocycles. The molecule has 0 saturated heterocycles. The number of anilines is 1. The van der Waals surface area contributed by atoms with E-state index in [4.69, 9.17) is 17.3 Å². The van der Waals surface area contributed by atoms with Gasteiger partial charge in [0.05, 0.1) is 17.4 Å². The number of rotatable bonds is 5. The van der Waals surface area contributed by atoms with Crippen LogP contribution in [0.25, 0.3) is 10.9 Å². The van der Waals surface area contributed by atoms with Crippen molar-refractivity contribution in [2.45, 2.75) is 6.54 Å². The summed E-state index contributed by atoms with van der Waals surface area (Å²) in [5.41, 5.74) is 7.19. The quantitative estimate of drug-likeness (QED) is 0.754. The second kappa shape index (κ2) is 6.81. The van der Waals surface area contributed by atoms with Crippen molar-refractivity contribution >= 4 is 28.2 Å². The fraction of sp³-hybridized carbons (Fsp3) is 0.176. The van der Waals surface area contributed by atoms with E-state index in [1.807, 2.05) is 30.3 Å². The zero-order valence-electron chi connectivity index (χ0n) is 12.5. The normalized spacial score (nSPS) is 10.9. The van der Waals surface area contributed by atoms with Crippen molar-refractivity contribution in [3.8, 4) is 0 Å². The van der Waals surface area contributed by atoms with Crippen LogP contribution in [0.3, 0.4) is 0 Å². The van der Waals surface area contributed by atoms with Crippen LogP contribution < -0.4 is 16.2 Å². The van der Waals surface area contributed by atoms with Crippen LogP contribution in [0.5, 0.6) is 0 Å². The molecule has 0 unspecified atom stereocenters. The van der Waals surface area contributed by atoms with E-state index >= 15 is 0 Å². The molecule has 0 saturated carbocycles. The number of nitrogens with zero attached hydrogens (tertiary/aromatic N) is 2. The summed E-state index contributed by atoms with van der Waals surface area (Å²) in [6.45, 7) is 1.67. The standard InChI is InChI=1S/C17H17ClN4O/c18-12-6-7-15-14(10-12)17(23)21-16(20-15)11-22(9-8-19)13-4-2-1-3-5-13/h1-7,10H,8-9,11,19H2,(H,20,21,23). The Balaban J connectivity index is 1.96. The fourth-order valence-corrected chi connectivity index (χ4v) is 2.68. The Kier molecular flexibility index (Phi) is 4.60. The summed E-state index contributed by atoms with van der Waals surface area (Å²) >= 11 is 5.93. The zero-order valence-corrected chi connectivity index (χ0v) is 13.3. The highest BCUT2D eigenvalue weighted by molar-refractivity contribution is 6.31. The van der Waals surface area contributed by atoms with Crippen molar-refractivity contribution in [3.05, 3.63) is 69.7 Å². The fourth-order valence-electron chi connectivity index (χ4n) is 2.51. The molecule has 0 fully saturated rings. The minimum atomic E-state index is -0.187. The van der Waals surface area contributed by atoms with Gasteiger partial charge >= 0.3 is 0 Å². The van der Waals surface area contributed by atoms with Crippen LogP contribution in [0.1, 0.15) is 5.82 Å². The van der Waals surface area contributed by atoms with Crippen LogP contribution in [0.4, 0.5) is 5.69 Å². The molecule has 0 aliphatic rings. The third-order valence-electron chi connectivity index (χ3n) is 3.58. The summed E-state index contributed by atoms with van der Waals surface area (Å²) in [6, 6.07) is 15.0. The molecule has 0 aliphatic heterocycles. The van der Waals surface area contributed by atoms with Crippen molar-refractivity contribution in [2.24, 2.45) is 5.73 Å². The third kappa shape index (κ3) is 3.52. The predicted molar refractivity (Wildman–Crippen MR) is 93.9 cm³/mol. The SMILES string of the molecule is NCCN(Cc1nc2ccc(Cl)cc2c(=O)[nH]1)c1ccccc1. The van der Waals surface area contributed by atoms with E-state index < -0.39 is 0 Å². The number of aromatic amines is 1. The summed E-state index contributed by atoms with van der Waals surface area (Å²) in [5, 5.41) is 1.01. The minimum absolute atomic E-state index is 0.187. The van der Waals surface area contributed by atoms with Crippen molar-refractivity contribution in [1.82, 2.24) is 9.97 Å². The third-order valence-corrected chi connectivity index (χ3v) is 3.81. The maximum absolute atomic E-state index is 12.2. The van der Waals surface area contributed by atoms with Gasteiger partial charge in [-0.25, -0.2) is 4.98 Å². The average Bonchev–Trinajstić information content (AvgIpc) is 2.56. The number of hydrogen-bond donors (Lipinski definition) is 2. The molecule has 0 radical (unpaired) electrons. The van der Waals surface area contributed by atoms with Gasteiger partial charge in [0.2, 0.25) is 0 Å². The molecule has 3 rings (SSSR count). The Morgan fingerprint density at radius 1 is 1.17 bits per heavy atom. The minimum Gasteiger partial charge on any atom is -0.363 e. The highest BCUT2D eigenvalue weighted by Crippen LogP contribution is 2.17. The first-order chi connectivity index (χ1) is 11.2. The second-order valence-electron chi connectivity index (χ2n) is 5.22. The van der Waals surface area contributed by atoms with Crippen molar-refractivity contribution < 1.29 is 0 Å². The van der Waals surface area contributed by atoms with Gasteiger partial charge in [-0.2, -0.15) is 0 Å². The van der Waals surface area contributed by atoms with Crippen molar-refractivity contribution in [3.63, 3.8) is 0 Å². The lowest BCUT2D eigenvalue weighted by Gasteiger charge is -2.23. The summed E-state index contributed by atoms with van der Waals surface area (Å²) in [7, 11) is 0. The maximum Gasteiger partial charge on any atom is 0.258 e. The van der Waals surface area contributed by atoms with Gasteiger partial charge in [-0.3, -0.25) is 4.79 Å². The number of benzene rings is 2. The van der Waals surface area contributed by atoms with Crippen LogP contribution in [-0.4, -0.2) is 23.1 Å². The lowest BCUT2D eigenvalue weighted by atomic mass is 10.2. The highest BCUT2D eigenvalue weighted by atomic mass is 35.5. The van der Waals surface area contributed by atoms with Crippen LogP contribution in [0, 0.1) is 0 Å². The first kappa shape index (κ1) is 15.5. The molecule has 5 nitrogen and oxygen atoms in total. The Morgan fingerprint density at radius 3 is 2.70 bits per heavy atom. The monoisotopic (exact) mass is 328 g/mol. The van der Waals surface area contributed by atoms with E-state index in [1.165, 1.54) is 0 Å². The number of aromatic nitrogens is 2. The Bertz CT molecular complexity index is 863. The molecule has 3 N–H and O–H groups in total. The number of nitrogens with two attached hydrogens (primary N) is 1. The molecule has 0 atom stereocenters. The molecule has 0 aliphatic carbocycles. The summed E-state index contributed by atoms with van der Waals surface area (Å²) in [4.78, 5) is 21.7. The molecule has 0 spiro atoms. The maximum atomic E-state index is 12.2. The van der Waals surface area contributed by atoms with Crippen LogP contribution in [0.2, 0.25) is 5.02 Å². The Hall–Kier alpha value is -2.37. The highest BCUT2D eigenvalue weighted by Gasteiger charge is 2.10.